The van der Waals surface area contributed by atoms with E-state index in [0.29, 0.717) is 0 Å². The van der Waals surface area contributed by atoms with Crippen molar-refractivity contribution in [3.63, 3.8) is 0 Å². The minimum absolute atomic E-state index is 0.00685. The van der Waals surface area contributed by atoms with Gasteiger partial charge in [-0.15, -0.1) is 0 Å². The Morgan fingerprint density at radius 2 is 2.00 bits per heavy atom. The summed E-state index contributed by atoms with van der Waals surface area (Å²) in [7, 11) is 0. The third-order valence-electron chi connectivity index (χ3n) is 1.45. The third-order valence-corrected chi connectivity index (χ3v) is 1.45. The summed E-state index contributed by atoms with van der Waals surface area (Å²) in [4.78, 5) is 24.5. The van der Waals surface area contributed by atoms with Crippen molar-refractivity contribution in [2.75, 3.05) is 0 Å². The first kappa shape index (κ1) is 9.67. The van der Waals surface area contributed by atoms with Crippen LogP contribution in [0.2, 0.25) is 0 Å². The minimum Gasteiger partial charge on any atom is -0.478 e. The molecular weight excluding hydrogens is 188 g/mol. The molecule has 6 nitrogen and oxygen atoms in total. The van der Waals surface area contributed by atoms with Gasteiger partial charge in [0.1, 0.15) is 6.07 Å². The molecule has 6 heteroatoms. The first-order valence-electron chi connectivity index (χ1n) is 3.43. The molecule has 0 atom stereocenters. The number of aromatic nitrogens is 1. The highest BCUT2D eigenvalue weighted by Crippen LogP contribution is 2.08. The highest BCUT2D eigenvalue weighted by Gasteiger charge is 2.17. The summed E-state index contributed by atoms with van der Waals surface area (Å²) < 4.78 is 0. The standard InChI is InChI=1S/C8H4N2O4/c9-2-4-1-5(7(11)12)6(8(13)14)10-3-4/h1,3H,(H,11,12)(H,13,14). The van der Waals surface area contributed by atoms with Crippen LogP contribution >= 0.6 is 0 Å². The number of nitriles is 1. The topological polar surface area (TPSA) is 111 Å². The zero-order valence-electron chi connectivity index (χ0n) is 6.76. The Balaban J connectivity index is 3.40. The SMILES string of the molecule is N#Cc1cnc(C(=O)O)c(C(=O)O)c1. The number of hydrogen-bond donors (Lipinski definition) is 2. The van der Waals surface area contributed by atoms with Crippen LogP contribution in [-0.4, -0.2) is 27.1 Å². The number of carboxylic acids is 2. The van der Waals surface area contributed by atoms with Crippen molar-refractivity contribution in [1.82, 2.24) is 4.98 Å². The fourth-order valence-corrected chi connectivity index (χ4v) is 0.859. The molecule has 1 heterocycles. The molecule has 0 aliphatic carbocycles. The van der Waals surface area contributed by atoms with E-state index in [1.54, 1.807) is 6.07 Å². The second kappa shape index (κ2) is 3.53. The lowest BCUT2D eigenvalue weighted by molar-refractivity contribution is 0.0646. The van der Waals surface area contributed by atoms with Gasteiger partial charge in [-0.1, -0.05) is 0 Å². The van der Waals surface area contributed by atoms with E-state index in [9.17, 15) is 9.59 Å². The second-order valence-corrected chi connectivity index (χ2v) is 2.34. The zero-order valence-corrected chi connectivity index (χ0v) is 6.76. The number of aromatic carboxylic acids is 2. The van der Waals surface area contributed by atoms with E-state index in [1.807, 2.05) is 0 Å². The average molecular weight is 192 g/mol. The van der Waals surface area contributed by atoms with Crippen LogP contribution in [0.15, 0.2) is 12.3 Å². The minimum atomic E-state index is -1.44. The summed E-state index contributed by atoms with van der Waals surface area (Å²) in [5, 5.41) is 25.6. The predicted molar refractivity (Wildman–Crippen MR) is 42.9 cm³/mol. The van der Waals surface area contributed by atoms with E-state index in [0.717, 1.165) is 12.3 Å². The molecule has 0 saturated heterocycles. The number of pyridine rings is 1. The van der Waals surface area contributed by atoms with Gasteiger partial charge in [0.15, 0.2) is 5.69 Å². The fraction of sp³-hybridized carbons (Fsp3) is 0. The Hall–Kier alpha value is -2.42. The van der Waals surface area contributed by atoms with Gasteiger partial charge in [-0.25, -0.2) is 14.6 Å². The van der Waals surface area contributed by atoms with E-state index in [1.165, 1.54) is 0 Å². The molecule has 2 N–H and O–H groups in total. The maximum atomic E-state index is 10.6. The quantitative estimate of drug-likeness (QED) is 0.699. The number of hydrogen-bond acceptors (Lipinski definition) is 4. The fourth-order valence-electron chi connectivity index (χ4n) is 0.859. The summed E-state index contributed by atoms with van der Waals surface area (Å²) >= 11 is 0. The Morgan fingerprint density at radius 3 is 2.43 bits per heavy atom. The molecule has 0 bridgehead atoms. The highest BCUT2D eigenvalue weighted by molar-refractivity contribution is 6.00. The first-order chi connectivity index (χ1) is 6.56. The number of nitrogens with zero attached hydrogens (tertiary/aromatic N) is 2. The maximum absolute atomic E-state index is 10.6. The Kier molecular flexibility index (Phi) is 2.44. The van der Waals surface area contributed by atoms with Crippen molar-refractivity contribution in [2.24, 2.45) is 0 Å². The van der Waals surface area contributed by atoms with Gasteiger partial charge in [0.2, 0.25) is 0 Å². The van der Waals surface area contributed by atoms with E-state index in [2.05, 4.69) is 4.98 Å². The average Bonchev–Trinajstić information content (AvgIpc) is 2.16. The van der Waals surface area contributed by atoms with E-state index in [-0.39, 0.29) is 5.56 Å². The highest BCUT2D eigenvalue weighted by atomic mass is 16.4. The van der Waals surface area contributed by atoms with Gasteiger partial charge in [-0.05, 0) is 6.07 Å². The van der Waals surface area contributed by atoms with E-state index in [4.69, 9.17) is 15.5 Å². The molecule has 0 unspecified atom stereocenters. The van der Waals surface area contributed by atoms with Crippen LogP contribution in [0.25, 0.3) is 0 Å². The van der Waals surface area contributed by atoms with E-state index >= 15 is 0 Å². The van der Waals surface area contributed by atoms with Crippen LogP contribution in [0.4, 0.5) is 0 Å². The molecular formula is C8H4N2O4. The molecule has 0 radical (unpaired) electrons. The molecule has 0 fully saturated rings. The number of carboxylic acid groups (broad SMARTS) is 2. The molecule has 1 aromatic rings. The van der Waals surface area contributed by atoms with Gasteiger partial charge in [0.05, 0.1) is 11.1 Å². The van der Waals surface area contributed by atoms with Gasteiger partial charge in [-0.3, -0.25) is 0 Å². The third kappa shape index (κ3) is 1.67. The largest absolute Gasteiger partial charge is 0.478 e. The molecule has 70 valence electrons. The monoisotopic (exact) mass is 192 g/mol. The van der Waals surface area contributed by atoms with Crippen molar-refractivity contribution in [1.29, 1.82) is 5.26 Å². The Labute approximate surface area is 78.0 Å². The lowest BCUT2D eigenvalue weighted by atomic mass is 10.1. The molecule has 0 aromatic carbocycles. The molecule has 0 amide bonds. The molecule has 0 aliphatic rings. The molecule has 14 heavy (non-hydrogen) atoms. The summed E-state index contributed by atoms with van der Waals surface area (Å²) in [6.45, 7) is 0. The van der Waals surface area contributed by atoms with Crippen molar-refractivity contribution in [3.8, 4) is 6.07 Å². The van der Waals surface area contributed by atoms with Gasteiger partial charge >= 0.3 is 11.9 Å². The smallest absolute Gasteiger partial charge is 0.355 e. The summed E-state index contributed by atoms with van der Waals surface area (Å²) in [5.74, 6) is -2.86. The number of rotatable bonds is 2. The van der Waals surface area contributed by atoms with Gasteiger partial charge < -0.3 is 10.2 Å². The van der Waals surface area contributed by atoms with Crippen molar-refractivity contribution in [2.45, 2.75) is 0 Å². The van der Waals surface area contributed by atoms with Crippen LogP contribution in [0.1, 0.15) is 26.4 Å². The molecule has 0 spiro atoms. The lowest BCUT2D eigenvalue weighted by Crippen LogP contribution is -2.10. The number of carbonyl (C=O) groups is 2. The van der Waals surface area contributed by atoms with Crippen molar-refractivity contribution >= 4 is 11.9 Å². The lowest BCUT2D eigenvalue weighted by Gasteiger charge is -1.99. The Bertz CT molecular complexity index is 447. The van der Waals surface area contributed by atoms with Gasteiger partial charge in [0.25, 0.3) is 0 Å². The zero-order chi connectivity index (χ0) is 10.7. The second-order valence-electron chi connectivity index (χ2n) is 2.34. The molecule has 0 saturated carbocycles. The van der Waals surface area contributed by atoms with Crippen LogP contribution in [0.5, 0.6) is 0 Å². The van der Waals surface area contributed by atoms with Crippen LogP contribution in [-0.2, 0) is 0 Å². The normalized spacial score (nSPS) is 9.07. The van der Waals surface area contributed by atoms with Gasteiger partial charge in [0, 0.05) is 6.20 Å². The predicted octanol–water partition coefficient (Wildman–Crippen LogP) is 0.350. The van der Waals surface area contributed by atoms with Crippen LogP contribution in [0.3, 0.4) is 0 Å². The van der Waals surface area contributed by atoms with Gasteiger partial charge in [-0.2, -0.15) is 5.26 Å². The van der Waals surface area contributed by atoms with Crippen molar-refractivity contribution in [3.05, 3.63) is 29.1 Å². The Morgan fingerprint density at radius 1 is 1.36 bits per heavy atom. The summed E-state index contributed by atoms with van der Waals surface area (Å²) in [5.41, 5.74) is -1.06. The van der Waals surface area contributed by atoms with Crippen LogP contribution in [0, 0.1) is 11.3 Å². The maximum Gasteiger partial charge on any atom is 0.355 e. The summed E-state index contributed by atoms with van der Waals surface area (Å²) in [6, 6.07) is 2.64. The molecule has 1 rings (SSSR count). The van der Waals surface area contributed by atoms with Crippen molar-refractivity contribution < 1.29 is 19.8 Å². The molecule has 1 aromatic heterocycles. The van der Waals surface area contributed by atoms with E-state index < -0.39 is 23.2 Å². The molecule has 0 aliphatic heterocycles. The first-order valence-corrected chi connectivity index (χ1v) is 3.43. The summed E-state index contributed by atoms with van der Waals surface area (Å²) in [6.07, 6.45) is 1.01. The van der Waals surface area contributed by atoms with Crippen LogP contribution < -0.4 is 0 Å².